The fourth-order valence-electron chi connectivity index (χ4n) is 3.91. The summed E-state index contributed by atoms with van der Waals surface area (Å²) >= 11 is 0. The molecular formula is C19H23N3O6. The molecule has 1 aromatic rings. The Balaban J connectivity index is 1.80. The van der Waals surface area contributed by atoms with Gasteiger partial charge in [-0.15, -0.1) is 0 Å². The van der Waals surface area contributed by atoms with E-state index in [0.29, 0.717) is 29.0 Å². The third kappa shape index (κ3) is 3.21. The molecule has 9 heteroatoms. The Bertz CT molecular complexity index is 865. The van der Waals surface area contributed by atoms with Gasteiger partial charge in [-0.05, 0) is 39.2 Å². The third-order valence-electron chi connectivity index (χ3n) is 5.27. The molecule has 1 aromatic heterocycles. The maximum absolute atomic E-state index is 12.7. The Kier molecular flexibility index (Phi) is 5.35. The number of nitrogens with zero attached hydrogens (tertiary/aromatic N) is 2. The van der Waals surface area contributed by atoms with Crippen LogP contribution in [0.5, 0.6) is 0 Å². The van der Waals surface area contributed by atoms with Gasteiger partial charge in [-0.3, -0.25) is 19.3 Å². The molecule has 0 bridgehead atoms. The molecular weight excluding hydrogens is 366 g/mol. The summed E-state index contributed by atoms with van der Waals surface area (Å²) < 4.78 is 5.00. The van der Waals surface area contributed by atoms with Crippen molar-refractivity contribution < 1.29 is 28.7 Å². The van der Waals surface area contributed by atoms with Crippen molar-refractivity contribution in [1.82, 2.24) is 14.8 Å². The van der Waals surface area contributed by atoms with E-state index in [1.54, 1.807) is 20.8 Å². The first-order valence-electron chi connectivity index (χ1n) is 9.36. The highest BCUT2D eigenvalue weighted by Gasteiger charge is 2.48. The lowest BCUT2D eigenvalue weighted by Crippen LogP contribution is -2.41. The number of esters is 1. The molecule has 2 fully saturated rings. The van der Waals surface area contributed by atoms with Gasteiger partial charge in [0.05, 0.1) is 24.4 Å². The number of aromatic nitrogens is 1. The van der Waals surface area contributed by atoms with Crippen LogP contribution in [-0.2, 0) is 14.3 Å². The van der Waals surface area contributed by atoms with Crippen LogP contribution in [-0.4, -0.2) is 63.6 Å². The highest BCUT2D eigenvalue weighted by Crippen LogP contribution is 2.28. The van der Waals surface area contributed by atoms with Gasteiger partial charge in [-0.25, -0.2) is 14.5 Å². The molecule has 28 heavy (non-hydrogen) atoms. The van der Waals surface area contributed by atoms with Crippen molar-refractivity contribution in [3.63, 3.8) is 0 Å². The number of ether oxygens (including phenoxy) is 1. The van der Waals surface area contributed by atoms with Crippen molar-refractivity contribution in [2.24, 2.45) is 0 Å². The molecule has 2 aliphatic rings. The maximum Gasteiger partial charge on any atom is 0.340 e. The van der Waals surface area contributed by atoms with Crippen molar-refractivity contribution in [2.45, 2.75) is 52.5 Å². The number of imide groups is 2. The Morgan fingerprint density at radius 1 is 1.11 bits per heavy atom. The largest absolute Gasteiger partial charge is 0.462 e. The number of aryl methyl sites for hydroxylation is 1. The summed E-state index contributed by atoms with van der Waals surface area (Å²) in [6, 6.07) is -1.03. The first-order chi connectivity index (χ1) is 13.3. The Hall–Kier alpha value is -2.97. The number of nitrogens with one attached hydrogen (secondary N) is 1. The van der Waals surface area contributed by atoms with E-state index in [1.165, 1.54) is 0 Å². The number of rotatable bonds is 6. The van der Waals surface area contributed by atoms with Crippen LogP contribution in [0.3, 0.4) is 0 Å². The molecule has 0 unspecified atom stereocenters. The first kappa shape index (κ1) is 19.8. The number of Topliss-reactive ketones (excluding diaryl/α,β-unsaturated/α-hetero) is 1. The zero-order valence-corrected chi connectivity index (χ0v) is 16.2. The quantitative estimate of drug-likeness (QED) is 0.343. The second-order valence-electron chi connectivity index (χ2n) is 7.06. The summed E-state index contributed by atoms with van der Waals surface area (Å²) in [5.74, 6) is -2.98. The van der Waals surface area contributed by atoms with Crippen LogP contribution in [0, 0.1) is 13.8 Å². The number of amides is 4. The van der Waals surface area contributed by atoms with E-state index in [9.17, 15) is 24.0 Å². The number of hydrogen-bond acceptors (Lipinski definition) is 6. The molecule has 0 radical (unpaired) electrons. The fourth-order valence-corrected chi connectivity index (χ4v) is 3.91. The van der Waals surface area contributed by atoms with Gasteiger partial charge in [0.2, 0.25) is 0 Å². The molecule has 1 saturated heterocycles. The van der Waals surface area contributed by atoms with E-state index >= 15 is 0 Å². The van der Waals surface area contributed by atoms with Crippen LogP contribution in [0.1, 0.15) is 64.7 Å². The highest BCUT2D eigenvalue weighted by atomic mass is 16.5. The van der Waals surface area contributed by atoms with E-state index in [-0.39, 0.29) is 23.9 Å². The molecule has 1 saturated carbocycles. The number of carbonyl (C=O) groups excluding carboxylic acids is 5. The number of hydrogen-bond donors (Lipinski definition) is 1. The van der Waals surface area contributed by atoms with Gasteiger partial charge in [0, 0.05) is 11.7 Å². The van der Waals surface area contributed by atoms with E-state index in [2.05, 4.69) is 4.98 Å². The van der Waals surface area contributed by atoms with Crippen LogP contribution < -0.4 is 0 Å². The lowest BCUT2D eigenvalue weighted by Gasteiger charge is -2.20. The maximum atomic E-state index is 12.7. The van der Waals surface area contributed by atoms with Crippen LogP contribution in [0.15, 0.2) is 0 Å². The van der Waals surface area contributed by atoms with E-state index in [0.717, 1.165) is 17.7 Å². The topological polar surface area (TPSA) is 117 Å². The van der Waals surface area contributed by atoms with E-state index < -0.39 is 36.1 Å². The van der Waals surface area contributed by atoms with E-state index in [1.807, 2.05) is 0 Å². The fraction of sp³-hybridized carbons (Fsp3) is 0.526. The van der Waals surface area contributed by atoms with Gasteiger partial charge < -0.3 is 9.72 Å². The predicted molar refractivity (Wildman–Crippen MR) is 96.8 cm³/mol. The van der Waals surface area contributed by atoms with Crippen molar-refractivity contribution in [3.8, 4) is 0 Å². The van der Waals surface area contributed by atoms with Crippen molar-refractivity contribution >= 4 is 29.6 Å². The molecule has 2 heterocycles. The summed E-state index contributed by atoms with van der Waals surface area (Å²) in [6.07, 6.45) is 3.13. The summed E-state index contributed by atoms with van der Waals surface area (Å²) in [4.78, 5) is 66.5. The average Bonchev–Trinajstić information content (AvgIpc) is 3.31. The minimum Gasteiger partial charge on any atom is -0.462 e. The smallest absolute Gasteiger partial charge is 0.340 e. The second kappa shape index (κ2) is 7.57. The number of ketones is 1. The summed E-state index contributed by atoms with van der Waals surface area (Å²) in [5.41, 5.74) is 1.22. The van der Waals surface area contributed by atoms with E-state index in [4.69, 9.17) is 4.74 Å². The zero-order chi connectivity index (χ0) is 20.6. The van der Waals surface area contributed by atoms with Gasteiger partial charge in [-0.1, -0.05) is 12.8 Å². The van der Waals surface area contributed by atoms with Crippen LogP contribution in [0.2, 0.25) is 0 Å². The molecule has 3 rings (SSSR count). The average molecular weight is 389 g/mol. The molecule has 9 nitrogen and oxygen atoms in total. The van der Waals surface area contributed by atoms with Crippen LogP contribution in [0.25, 0.3) is 0 Å². The number of H-pyrrole nitrogens is 1. The summed E-state index contributed by atoms with van der Waals surface area (Å²) in [7, 11) is 0. The molecule has 1 aliphatic heterocycles. The second-order valence-corrected chi connectivity index (χ2v) is 7.06. The Morgan fingerprint density at radius 3 is 2.36 bits per heavy atom. The molecule has 0 aromatic carbocycles. The van der Waals surface area contributed by atoms with Gasteiger partial charge in [0.1, 0.15) is 0 Å². The number of carbonyl (C=O) groups is 5. The lowest BCUT2D eigenvalue weighted by molar-refractivity contribution is -0.143. The van der Waals surface area contributed by atoms with Gasteiger partial charge in [-0.2, -0.15) is 0 Å². The molecule has 4 amide bonds. The van der Waals surface area contributed by atoms with Gasteiger partial charge in [0.15, 0.2) is 5.78 Å². The number of urea groups is 1. The lowest BCUT2D eigenvalue weighted by atomic mass is 10.1. The van der Waals surface area contributed by atoms with Crippen LogP contribution in [0.4, 0.5) is 4.79 Å². The van der Waals surface area contributed by atoms with Crippen molar-refractivity contribution in [3.05, 3.63) is 22.5 Å². The molecule has 0 spiro atoms. The monoisotopic (exact) mass is 389 g/mol. The first-order valence-corrected chi connectivity index (χ1v) is 9.36. The van der Waals surface area contributed by atoms with Crippen molar-refractivity contribution in [2.75, 3.05) is 13.2 Å². The molecule has 1 N–H and O–H groups in total. The summed E-state index contributed by atoms with van der Waals surface area (Å²) in [6.45, 7) is 4.54. The number of aromatic amines is 1. The highest BCUT2D eigenvalue weighted by molar-refractivity contribution is 6.45. The minimum absolute atomic E-state index is 0.118. The Labute approximate surface area is 162 Å². The standard InChI is InChI=1S/C19H23N3O6/c1-4-28-18(26)14-10(2)15(20-11(14)3)13(23)9-21-16(24)17(25)22(19(21)27)12-7-5-6-8-12/h12,20H,4-9H2,1-3H3. The van der Waals surface area contributed by atoms with Gasteiger partial charge >= 0.3 is 23.8 Å². The van der Waals surface area contributed by atoms with Crippen molar-refractivity contribution in [1.29, 1.82) is 0 Å². The Morgan fingerprint density at radius 2 is 1.75 bits per heavy atom. The molecule has 150 valence electrons. The summed E-state index contributed by atoms with van der Waals surface area (Å²) in [5, 5.41) is 0. The predicted octanol–water partition coefficient (Wildman–Crippen LogP) is 1.72. The zero-order valence-electron chi connectivity index (χ0n) is 16.2. The molecule has 0 atom stereocenters. The molecule has 1 aliphatic carbocycles. The SMILES string of the molecule is CCOC(=O)c1c(C)[nH]c(C(=O)CN2C(=O)C(=O)N(C3CCCC3)C2=O)c1C. The van der Waals surface area contributed by atoms with Gasteiger partial charge in [0.25, 0.3) is 0 Å². The normalized spacial score (nSPS) is 17.8. The minimum atomic E-state index is -0.989. The van der Waals surface area contributed by atoms with Crippen LogP contribution >= 0.6 is 0 Å². The third-order valence-corrected chi connectivity index (χ3v) is 5.27.